The first-order valence-electron chi connectivity index (χ1n) is 8.05. The third kappa shape index (κ3) is 3.84. The molecule has 2 heterocycles. The predicted molar refractivity (Wildman–Crippen MR) is 90.4 cm³/mol. The molecule has 1 atom stereocenters. The van der Waals surface area contributed by atoms with E-state index in [1.807, 2.05) is 0 Å². The van der Waals surface area contributed by atoms with Crippen LogP contribution in [0.25, 0.3) is 0 Å². The largest absolute Gasteiger partial charge is 0.547 e. The molecular weight excluding hydrogens is 341 g/mol. The van der Waals surface area contributed by atoms with Crippen molar-refractivity contribution in [3.63, 3.8) is 0 Å². The quantitative estimate of drug-likeness (QED) is 0.460. The SMILES string of the molecule is NCCn1cnc(CC(=O)NC2Cc3cccc(C(=O)O)c3OB2O)n1. The van der Waals surface area contributed by atoms with E-state index < -0.39 is 19.0 Å². The molecule has 1 aromatic heterocycles. The van der Waals surface area contributed by atoms with E-state index in [2.05, 4.69) is 15.4 Å². The molecule has 0 fully saturated rings. The lowest BCUT2D eigenvalue weighted by atomic mass is 9.72. The lowest BCUT2D eigenvalue weighted by Gasteiger charge is -2.28. The van der Waals surface area contributed by atoms with Crippen LogP contribution in [-0.2, 0) is 24.2 Å². The van der Waals surface area contributed by atoms with Crippen LogP contribution in [0.1, 0.15) is 21.7 Å². The molecule has 0 spiro atoms. The molecule has 1 unspecified atom stereocenters. The number of hydrogen-bond acceptors (Lipinski definition) is 7. The molecule has 5 N–H and O–H groups in total. The number of rotatable bonds is 6. The van der Waals surface area contributed by atoms with E-state index in [-0.39, 0.29) is 30.1 Å². The zero-order valence-corrected chi connectivity index (χ0v) is 13.8. The molecule has 0 aliphatic carbocycles. The molecule has 0 bridgehead atoms. The monoisotopic (exact) mass is 359 g/mol. The topological polar surface area (TPSA) is 153 Å². The molecule has 1 aliphatic rings. The molecule has 1 aromatic carbocycles. The van der Waals surface area contributed by atoms with Gasteiger partial charge in [-0.2, -0.15) is 5.10 Å². The van der Waals surface area contributed by atoms with Crippen LogP contribution in [0, 0.1) is 0 Å². The molecule has 2 aromatic rings. The maximum Gasteiger partial charge on any atom is 0.547 e. The number of fused-ring (bicyclic) bond motifs is 1. The van der Waals surface area contributed by atoms with Crippen molar-refractivity contribution < 1.29 is 24.4 Å². The molecule has 3 rings (SSSR count). The minimum atomic E-state index is -1.35. The molecule has 26 heavy (non-hydrogen) atoms. The summed E-state index contributed by atoms with van der Waals surface area (Å²) in [6, 6.07) is 4.69. The summed E-state index contributed by atoms with van der Waals surface area (Å²) in [5.74, 6) is -1.75. The second-order valence-corrected chi connectivity index (χ2v) is 5.87. The fraction of sp³-hybridized carbons (Fsp3) is 0.333. The number of benzene rings is 1. The summed E-state index contributed by atoms with van der Waals surface area (Å²) < 4.78 is 6.88. The van der Waals surface area contributed by atoms with Gasteiger partial charge < -0.3 is 25.8 Å². The minimum absolute atomic E-state index is 0.0269. The van der Waals surface area contributed by atoms with Crippen LogP contribution in [0.5, 0.6) is 5.75 Å². The standard InChI is InChI=1S/C15H18BN5O5/c17-4-5-21-8-18-12(20-21)7-13(22)19-11-6-9-2-1-3-10(15(23)24)14(9)26-16(11)25/h1-3,8,11,25H,4-7,17H2,(H,19,22)(H,23,24). The van der Waals surface area contributed by atoms with Gasteiger partial charge in [-0.3, -0.25) is 9.48 Å². The Labute approximate surface area is 149 Å². The normalized spacial score (nSPS) is 15.9. The number of nitrogens with one attached hydrogen (secondary N) is 1. The zero-order valence-electron chi connectivity index (χ0n) is 13.8. The summed E-state index contributed by atoms with van der Waals surface area (Å²) in [6.07, 6.45) is 1.69. The second-order valence-electron chi connectivity index (χ2n) is 5.87. The Morgan fingerprint density at radius 2 is 2.27 bits per heavy atom. The number of aromatic nitrogens is 3. The lowest BCUT2D eigenvalue weighted by Crippen LogP contribution is -2.53. The van der Waals surface area contributed by atoms with Gasteiger partial charge in [0, 0.05) is 6.54 Å². The number of carboxylic acid groups (broad SMARTS) is 1. The van der Waals surface area contributed by atoms with Gasteiger partial charge in [-0.05, 0) is 18.1 Å². The van der Waals surface area contributed by atoms with Crippen LogP contribution in [0.15, 0.2) is 24.5 Å². The molecule has 10 nitrogen and oxygen atoms in total. The van der Waals surface area contributed by atoms with Gasteiger partial charge in [0.25, 0.3) is 0 Å². The van der Waals surface area contributed by atoms with Crippen molar-refractivity contribution in [2.75, 3.05) is 6.54 Å². The molecule has 1 amide bonds. The summed E-state index contributed by atoms with van der Waals surface area (Å²) in [7, 11) is -1.35. The number of para-hydroxylation sites is 1. The van der Waals surface area contributed by atoms with E-state index >= 15 is 0 Å². The van der Waals surface area contributed by atoms with Gasteiger partial charge in [0.15, 0.2) is 5.82 Å². The van der Waals surface area contributed by atoms with Crippen LogP contribution >= 0.6 is 0 Å². The fourth-order valence-corrected chi connectivity index (χ4v) is 2.77. The number of nitrogens with two attached hydrogens (primary N) is 1. The van der Waals surface area contributed by atoms with Crippen molar-refractivity contribution >= 4 is 19.0 Å². The Hall–Kier alpha value is -2.92. The molecular formula is C15H18BN5O5. The Balaban J connectivity index is 1.66. The van der Waals surface area contributed by atoms with Crippen molar-refractivity contribution in [3.8, 4) is 5.75 Å². The average molecular weight is 359 g/mol. The highest BCUT2D eigenvalue weighted by Crippen LogP contribution is 2.30. The molecule has 1 aliphatic heterocycles. The van der Waals surface area contributed by atoms with Crippen molar-refractivity contribution in [1.82, 2.24) is 20.1 Å². The van der Waals surface area contributed by atoms with E-state index in [0.29, 0.717) is 24.5 Å². The number of hydrogen-bond donors (Lipinski definition) is 4. The van der Waals surface area contributed by atoms with E-state index in [9.17, 15) is 19.7 Å². The van der Waals surface area contributed by atoms with E-state index in [4.69, 9.17) is 10.4 Å². The summed E-state index contributed by atoms with van der Waals surface area (Å²) >= 11 is 0. The third-order valence-electron chi connectivity index (χ3n) is 3.96. The summed E-state index contributed by atoms with van der Waals surface area (Å²) in [4.78, 5) is 27.5. The summed E-state index contributed by atoms with van der Waals surface area (Å²) in [5, 5.41) is 26.1. The van der Waals surface area contributed by atoms with E-state index in [1.54, 1.807) is 16.8 Å². The van der Waals surface area contributed by atoms with Crippen LogP contribution in [0.3, 0.4) is 0 Å². The number of carbonyl (C=O) groups excluding carboxylic acids is 1. The molecule has 11 heteroatoms. The van der Waals surface area contributed by atoms with Crippen molar-refractivity contribution in [2.45, 2.75) is 25.3 Å². The van der Waals surface area contributed by atoms with Gasteiger partial charge in [0.05, 0.1) is 24.5 Å². The lowest BCUT2D eigenvalue weighted by molar-refractivity contribution is -0.121. The predicted octanol–water partition coefficient (Wildman–Crippen LogP) is -1.38. The van der Waals surface area contributed by atoms with Gasteiger partial charge in [0.1, 0.15) is 12.1 Å². The number of carbonyl (C=O) groups is 2. The maximum atomic E-state index is 12.2. The highest BCUT2D eigenvalue weighted by molar-refractivity contribution is 6.47. The second kappa shape index (κ2) is 7.54. The van der Waals surface area contributed by atoms with Crippen molar-refractivity contribution in [1.29, 1.82) is 0 Å². The summed E-state index contributed by atoms with van der Waals surface area (Å²) in [6.45, 7) is 0.921. The minimum Gasteiger partial charge on any atom is -0.534 e. The van der Waals surface area contributed by atoms with Crippen LogP contribution in [0.2, 0.25) is 0 Å². The van der Waals surface area contributed by atoms with Crippen molar-refractivity contribution in [3.05, 3.63) is 41.5 Å². The maximum absolute atomic E-state index is 12.2. The summed E-state index contributed by atoms with van der Waals surface area (Å²) in [5.41, 5.74) is 6.01. The van der Waals surface area contributed by atoms with Gasteiger partial charge in [-0.15, -0.1) is 0 Å². The van der Waals surface area contributed by atoms with Crippen LogP contribution in [0.4, 0.5) is 0 Å². The Kier molecular flexibility index (Phi) is 5.19. The average Bonchev–Trinajstić information content (AvgIpc) is 3.02. The highest BCUT2D eigenvalue weighted by Gasteiger charge is 2.37. The molecule has 0 saturated heterocycles. The molecule has 0 radical (unpaired) electrons. The Bertz CT molecular complexity index is 827. The molecule has 0 saturated carbocycles. The number of carboxylic acids is 1. The zero-order chi connectivity index (χ0) is 18.7. The van der Waals surface area contributed by atoms with Gasteiger partial charge in [-0.1, -0.05) is 12.1 Å². The van der Waals surface area contributed by atoms with Gasteiger partial charge >= 0.3 is 13.1 Å². The van der Waals surface area contributed by atoms with Gasteiger partial charge in [0.2, 0.25) is 5.91 Å². The van der Waals surface area contributed by atoms with Crippen LogP contribution in [-0.4, -0.2) is 56.4 Å². The highest BCUT2D eigenvalue weighted by atomic mass is 16.5. The number of nitrogens with zero attached hydrogens (tertiary/aromatic N) is 3. The fourth-order valence-electron chi connectivity index (χ4n) is 2.77. The van der Waals surface area contributed by atoms with Crippen molar-refractivity contribution in [2.24, 2.45) is 5.73 Å². The van der Waals surface area contributed by atoms with Crippen LogP contribution < -0.4 is 15.7 Å². The first-order valence-corrected chi connectivity index (χ1v) is 8.05. The van der Waals surface area contributed by atoms with Gasteiger partial charge in [-0.25, -0.2) is 9.78 Å². The first-order chi connectivity index (χ1) is 12.5. The van der Waals surface area contributed by atoms with E-state index in [1.165, 1.54) is 12.4 Å². The Morgan fingerprint density at radius 3 is 3.00 bits per heavy atom. The molecule has 136 valence electrons. The Morgan fingerprint density at radius 1 is 1.46 bits per heavy atom. The first kappa shape index (κ1) is 17.9. The smallest absolute Gasteiger partial charge is 0.534 e. The number of aromatic carboxylic acids is 1. The third-order valence-corrected chi connectivity index (χ3v) is 3.96. The number of amides is 1. The van der Waals surface area contributed by atoms with E-state index in [0.717, 1.165) is 0 Å².